The zero-order valence-corrected chi connectivity index (χ0v) is 39.9. The number of anilines is 1. The van der Waals surface area contributed by atoms with Crippen LogP contribution in [0, 0.1) is 29.0 Å². The van der Waals surface area contributed by atoms with Gasteiger partial charge in [0.25, 0.3) is 5.91 Å². The van der Waals surface area contributed by atoms with Crippen molar-refractivity contribution in [1.29, 1.82) is 0 Å². The number of nitrogens with zero attached hydrogens (tertiary/aromatic N) is 3. The van der Waals surface area contributed by atoms with Crippen molar-refractivity contribution in [2.75, 3.05) is 18.8 Å². The number of amides is 3. The molecule has 1 aromatic carbocycles. The molecule has 0 aliphatic carbocycles. The molecule has 2 aromatic rings. The number of carbonyl (C=O) groups is 5. The van der Waals surface area contributed by atoms with Crippen molar-refractivity contribution in [3.8, 4) is 0 Å². The molecule has 3 rings (SSSR count). The van der Waals surface area contributed by atoms with E-state index in [4.69, 9.17) is 10.5 Å². The summed E-state index contributed by atoms with van der Waals surface area (Å²) < 4.78 is 20.3. The number of carbonyl (C=O) groups excluding carboxylic acids is 4. The molecule has 13 nitrogen and oxygen atoms in total. The minimum atomic E-state index is -1.22. The quantitative estimate of drug-likeness (QED) is 0.0456. The first-order chi connectivity index (χ1) is 29.1. The van der Waals surface area contributed by atoms with E-state index in [1.807, 2.05) is 32.6 Å². The van der Waals surface area contributed by atoms with Crippen molar-refractivity contribution in [3.63, 3.8) is 0 Å². The van der Waals surface area contributed by atoms with E-state index < -0.39 is 53.3 Å². The van der Waals surface area contributed by atoms with Gasteiger partial charge in [-0.3, -0.25) is 28.9 Å². The number of nitrogen functional groups attached to an aromatic ring is 1. The number of hydrogen-bond acceptors (Lipinski definition) is 10. The Morgan fingerprint density at radius 1 is 1.08 bits per heavy atom. The van der Waals surface area contributed by atoms with Crippen LogP contribution in [0.4, 0.5) is 10.1 Å². The predicted octanol–water partition coefficient (Wildman–Crippen LogP) is 8.17. The standard InChI is InChI=1S/C47H75FN6O7S/c1-12-14-15-16-20-54(45(58)41(31(8)13-2)52-43(57)39-22-30(7)19-21-53(39)29(5)6)38(28(3)4)25-40(61-32(9)55)44-51-37(27-62-44)42(56)50-34(26-47(10,11)46(59)60)23-33-17-18-36(49)35(48)24-33/h17-18,24,27-31,34,38-41H,12-16,19-23,25-26,49H2,1-11H3,(H,50,56)(H,52,57)(H,59,60)/t30-,31+,34+,38-,39-,40-,41+/m1/s1. The molecule has 7 atom stereocenters. The van der Waals surface area contributed by atoms with Crippen LogP contribution in [0.3, 0.4) is 0 Å². The van der Waals surface area contributed by atoms with Crippen LogP contribution < -0.4 is 16.4 Å². The summed E-state index contributed by atoms with van der Waals surface area (Å²) in [5.41, 5.74) is 5.01. The van der Waals surface area contributed by atoms with Gasteiger partial charge in [-0.15, -0.1) is 11.3 Å². The van der Waals surface area contributed by atoms with Crippen molar-refractivity contribution in [2.24, 2.45) is 23.2 Å². The molecule has 0 unspecified atom stereocenters. The van der Waals surface area contributed by atoms with Gasteiger partial charge in [0.2, 0.25) is 11.8 Å². The number of aliphatic carboxylic acids is 1. The third kappa shape index (κ3) is 15.0. The Hall–Kier alpha value is -4.11. The number of rotatable bonds is 24. The van der Waals surface area contributed by atoms with Crippen LogP contribution >= 0.6 is 11.3 Å². The fourth-order valence-electron chi connectivity index (χ4n) is 8.33. The van der Waals surface area contributed by atoms with Crippen LogP contribution in [0.25, 0.3) is 0 Å². The zero-order chi connectivity index (χ0) is 46.5. The van der Waals surface area contributed by atoms with Gasteiger partial charge in [-0.25, -0.2) is 9.37 Å². The van der Waals surface area contributed by atoms with Gasteiger partial charge in [0.15, 0.2) is 6.10 Å². The van der Waals surface area contributed by atoms with Crippen LogP contribution in [0.2, 0.25) is 0 Å². The number of hydrogen-bond donors (Lipinski definition) is 4. The van der Waals surface area contributed by atoms with E-state index in [9.17, 15) is 28.7 Å². The fraction of sp³-hybridized carbons (Fsp3) is 0.702. The Morgan fingerprint density at radius 2 is 1.77 bits per heavy atom. The zero-order valence-electron chi connectivity index (χ0n) is 39.1. The van der Waals surface area contributed by atoms with Crippen molar-refractivity contribution in [1.82, 2.24) is 25.4 Å². The van der Waals surface area contributed by atoms with Crippen LogP contribution in [0.15, 0.2) is 23.6 Å². The highest BCUT2D eigenvalue weighted by atomic mass is 32.1. The Labute approximate surface area is 373 Å². The lowest BCUT2D eigenvalue weighted by atomic mass is 9.84. The Balaban J connectivity index is 1.97. The molecule has 5 N–H and O–H groups in total. The number of esters is 1. The maximum atomic E-state index is 15.1. The first kappa shape index (κ1) is 52.2. The molecule has 0 radical (unpaired) electrons. The molecule has 1 saturated heterocycles. The van der Waals surface area contributed by atoms with Gasteiger partial charge in [0.05, 0.1) is 17.1 Å². The molecular formula is C47H75FN6O7S. The van der Waals surface area contributed by atoms with Gasteiger partial charge in [-0.1, -0.05) is 73.3 Å². The fourth-order valence-corrected chi connectivity index (χ4v) is 9.17. The molecule has 0 spiro atoms. The number of nitrogens with two attached hydrogens (primary N) is 1. The monoisotopic (exact) mass is 887 g/mol. The number of unbranched alkanes of at least 4 members (excludes halogenated alkanes) is 3. The largest absolute Gasteiger partial charge is 0.481 e. The summed E-state index contributed by atoms with van der Waals surface area (Å²) in [5.74, 6) is -2.93. The van der Waals surface area contributed by atoms with Crippen molar-refractivity contribution in [3.05, 3.63) is 45.7 Å². The SMILES string of the molecule is CCCCCCN(C(=O)[C@@H](NC(=O)[C@H]1C[C@H](C)CCN1C(C)C)[C@@H](C)CC)[C@H](C[C@@H](OC(C)=O)c1nc(C(=O)N[C@@H](Cc2ccc(N)c(F)c2)CC(C)(C)C(=O)O)cs1)C(C)C. The normalized spacial score (nSPS) is 18.4. The van der Waals surface area contributed by atoms with Gasteiger partial charge in [-0.2, -0.15) is 0 Å². The molecule has 1 aliphatic rings. The molecule has 0 saturated carbocycles. The van der Waals surface area contributed by atoms with Crippen molar-refractivity contribution >= 4 is 46.7 Å². The lowest BCUT2D eigenvalue weighted by Gasteiger charge is -2.42. The van der Waals surface area contributed by atoms with E-state index in [-0.39, 0.29) is 66.4 Å². The molecule has 1 aliphatic heterocycles. The minimum absolute atomic E-state index is 0.0224. The molecule has 348 valence electrons. The maximum absolute atomic E-state index is 15.1. The van der Waals surface area contributed by atoms with Gasteiger partial charge < -0.3 is 31.1 Å². The van der Waals surface area contributed by atoms with E-state index in [1.165, 1.54) is 19.1 Å². The maximum Gasteiger partial charge on any atom is 0.309 e. The van der Waals surface area contributed by atoms with Crippen LogP contribution in [-0.4, -0.2) is 92.8 Å². The molecule has 62 heavy (non-hydrogen) atoms. The molecule has 15 heteroatoms. The number of ether oxygens (including phenoxy) is 1. The van der Waals surface area contributed by atoms with E-state index in [0.717, 1.165) is 56.4 Å². The summed E-state index contributed by atoms with van der Waals surface area (Å²) in [6.45, 7) is 22.3. The van der Waals surface area contributed by atoms with Gasteiger partial charge in [0, 0.05) is 43.4 Å². The number of carboxylic acids is 1. The summed E-state index contributed by atoms with van der Waals surface area (Å²) >= 11 is 1.15. The van der Waals surface area contributed by atoms with E-state index in [1.54, 1.807) is 25.3 Å². The highest BCUT2D eigenvalue weighted by molar-refractivity contribution is 7.09. The number of carboxylic acid groups (broad SMARTS) is 1. The summed E-state index contributed by atoms with van der Waals surface area (Å²) in [5, 5.41) is 18.0. The highest BCUT2D eigenvalue weighted by Gasteiger charge is 2.40. The third-order valence-corrected chi connectivity index (χ3v) is 13.3. The topological polar surface area (TPSA) is 184 Å². The number of aromatic nitrogens is 1. The Bertz CT molecular complexity index is 1800. The summed E-state index contributed by atoms with van der Waals surface area (Å²) in [4.78, 5) is 76.6. The lowest BCUT2D eigenvalue weighted by molar-refractivity contribution is -0.150. The third-order valence-electron chi connectivity index (χ3n) is 12.4. The number of thiazole rings is 1. The lowest BCUT2D eigenvalue weighted by Crippen LogP contribution is -2.60. The first-order valence-electron chi connectivity index (χ1n) is 22.7. The molecule has 2 heterocycles. The smallest absolute Gasteiger partial charge is 0.309 e. The second kappa shape index (κ2) is 24.1. The Kier molecular flexibility index (Phi) is 20.3. The van der Waals surface area contributed by atoms with Crippen LogP contribution in [0.1, 0.15) is 161 Å². The molecule has 0 bridgehead atoms. The number of halogens is 1. The van der Waals surface area contributed by atoms with E-state index in [2.05, 4.69) is 48.2 Å². The second-order valence-corrected chi connectivity index (χ2v) is 19.7. The second-order valence-electron chi connectivity index (χ2n) is 18.8. The first-order valence-corrected chi connectivity index (χ1v) is 23.5. The average molecular weight is 887 g/mol. The van der Waals surface area contributed by atoms with Gasteiger partial charge in [0.1, 0.15) is 22.6 Å². The van der Waals surface area contributed by atoms with Gasteiger partial charge in [-0.05, 0) is 102 Å². The molecule has 1 aromatic heterocycles. The van der Waals surface area contributed by atoms with Crippen molar-refractivity contribution in [2.45, 2.75) is 177 Å². The van der Waals surface area contributed by atoms with Crippen LogP contribution in [-0.2, 0) is 30.3 Å². The predicted molar refractivity (Wildman–Crippen MR) is 243 cm³/mol. The number of likely N-dealkylation sites (tertiary alicyclic amines) is 1. The summed E-state index contributed by atoms with van der Waals surface area (Å²) in [6.07, 6.45) is 5.60. The molecule has 3 amide bonds. The van der Waals surface area contributed by atoms with Gasteiger partial charge >= 0.3 is 11.9 Å². The number of benzene rings is 1. The van der Waals surface area contributed by atoms with Crippen molar-refractivity contribution < 1.29 is 38.2 Å². The number of nitrogens with one attached hydrogen (secondary N) is 2. The van der Waals surface area contributed by atoms with E-state index >= 15 is 4.79 Å². The summed E-state index contributed by atoms with van der Waals surface area (Å²) in [7, 11) is 0. The molecule has 1 fully saturated rings. The number of piperidine rings is 1. The molecular weight excluding hydrogens is 812 g/mol. The summed E-state index contributed by atoms with van der Waals surface area (Å²) in [6, 6.07) is 2.27. The Morgan fingerprint density at radius 3 is 2.35 bits per heavy atom. The van der Waals surface area contributed by atoms with Crippen LogP contribution in [0.5, 0.6) is 0 Å². The minimum Gasteiger partial charge on any atom is -0.481 e. The highest BCUT2D eigenvalue weighted by Crippen LogP contribution is 2.33. The van der Waals surface area contributed by atoms with E-state index in [0.29, 0.717) is 29.5 Å². The average Bonchev–Trinajstić information content (AvgIpc) is 3.70.